The molecule has 3 rings (SSSR count). The molecule has 3 N–H and O–H groups in total. The summed E-state index contributed by atoms with van der Waals surface area (Å²) in [6, 6.07) is 14.7. The van der Waals surface area contributed by atoms with Crippen molar-refractivity contribution in [3.63, 3.8) is 0 Å². The van der Waals surface area contributed by atoms with Gasteiger partial charge < -0.3 is 11.1 Å². The van der Waals surface area contributed by atoms with Crippen molar-refractivity contribution in [1.29, 1.82) is 0 Å². The lowest BCUT2D eigenvalue weighted by Crippen LogP contribution is -2.05. The fourth-order valence-electron chi connectivity index (χ4n) is 2.94. The van der Waals surface area contributed by atoms with Gasteiger partial charge in [0, 0.05) is 30.2 Å². The third kappa shape index (κ3) is 5.88. The summed E-state index contributed by atoms with van der Waals surface area (Å²) in [4.78, 5) is 17.3. The molecule has 2 aromatic carbocycles. The minimum atomic E-state index is -3.27. The third-order valence-corrected chi connectivity index (χ3v) is 6.51. The van der Waals surface area contributed by atoms with Gasteiger partial charge in [0.15, 0.2) is 15.0 Å². The van der Waals surface area contributed by atoms with Crippen LogP contribution in [0.25, 0.3) is 0 Å². The summed E-state index contributed by atoms with van der Waals surface area (Å²) in [5.41, 5.74) is 9.41. The molecule has 1 amide bonds. The Kier molecular flexibility index (Phi) is 6.34. The maximum atomic E-state index is 11.8. The van der Waals surface area contributed by atoms with Crippen molar-refractivity contribution >= 4 is 37.9 Å². The molecule has 0 aliphatic heterocycles. The van der Waals surface area contributed by atoms with Crippen LogP contribution < -0.4 is 11.1 Å². The fraction of sp³-hybridized carbons (Fsp3) is 0.238. The maximum Gasteiger partial charge on any atom is 0.223 e. The number of sulfone groups is 1. The van der Waals surface area contributed by atoms with Crippen molar-refractivity contribution in [1.82, 2.24) is 4.98 Å². The zero-order chi connectivity index (χ0) is 21.0. The standard InChI is InChI=1S/C21H23N3O3S2/c1-14(25)23-21-24-19(11-8-15-6-9-17(22)10-7-15)20(28-21)13-16-4-3-5-18(12-16)29(2,26)27/h3-7,9-10,12H,8,11,13,22H2,1-2H3,(H,23,24,25). The molecule has 0 unspecified atom stereocenters. The van der Waals surface area contributed by atoms with E-state index in [0.29, 0.717) is 22.9 Å². The first-order valence-corrected chi connectivity index (χ1v) is 11.8. The number of nitrogens with one attached hydrogen (secondary N) is 1. The molecular formula is C21H23N3O3S2. The van der Waals surface area contributed by atoms with Crippen molar-refractivity contribution in [2.24, 2.45) is 0 Å². The predicted molar refractivity (Wildman–Crippen MR) is 117 cm³/mol. The molecule has 0 saturated heterocycles. The molecule has 0 aliphatic rings. The Morgan fingerprint density at radius 1 is 1.10 bits per heavy atom. The number of hydrogen-bond donors (Lipinski definition) is 2. The van der Waals surface area contributed by atoms with Crippen LogP contribution in [0.2, 0.25) is 0 Å². The number of hydrogen-bond acceptors (Lipinski definition) is 6. The van der Waals surface area contributed by atoms with E-state index in [4.69, 9.17) is 5.73 Å². The lowest BCUT2D eigenvalue weighted by atomic mass is 10.0. The number of nitrogens with zero attached hydrogens (tertiary/aromatic N) is 1. The number of anilines is 2. The van der Waals surface area contributed by atoms with Crippen molar-refractivity contribution < 1.29 is 13.2 Å². The van der Waals surface area contributed by atoms with Gasteiger partial charge >= 0.3 is 0 Å². The molecule has 0 fully saturated rings. The first-order valence-electron chi connectivity index (χ1n) is 9.10. The number of thiazole rings is 1. The average Bonchev–Trinajstić information content (AvgIpc) is 3.01. The van der Waals surface area contributed by atoms with Gasteiger partial charge in [-0.2, -0.15) is 0 Å². The molecule has 152 valence electrons. The van der Waals surface area contributed by atoms with Gasteiger partial charge in [-0.3, -0.25) is 4.79 Å². The van der Waals surface area contributed by atoms with Crippen molar-refractivity contribution in [2.75, 3.05) is 17.3 Å². The second-order valence-corrected chi connectivity index (χ2v) is 10.0. The summed E-state index contributed by atoms with van der Waals surface area (Å²) in [5, 5.41) is 3.30. The number of amides is 1. The molecule has 1 aromatic heterocycles. The number of carbonyl (C=O) groups is 1. The number of carbonyl (C=O) groups excluding carboxylic acids is 1. The highest BCUT2D eigenvalue weighted by Crippen LogP contribution is 2.28. The fourth-order valence-corrected chi connectivity index (χ4v) is 4.72. The van der Waals surface area contributed by atoms with Crippen LogP contribution in [0.5, 0.6) is 0 Å². The van der Waals surface area contributed by atoms with E-state index in [1.165, 1.54) is 24.5 Å². The van der Waals surface area contributed by atoms with Gasteiger partial charge in [0.25, 0.3) is 0 Å². The van der Waals surface area contributed by atoms with Crippen molar-refractivity contribution in [2.45, 2.75) is 31.1 Å². The first-order chi connectivity index (χ1) is 13.7. The minimum absolute atomic E-state index is 0.172. The van der Waals surface area contributed by atoms with Gasteiger partial charge in [-0.05, 0) is 48.2 Å². The van der Waals surface area contributed by atoms with Crippen molar-refractivity contribution in [3.05, 3.63) is 70.2 Å². The van der Waals surface area contributed by atoms with Gasteiger partial charge in [0.2, 0.25) is 5.91 Å². The van der Waals surface area contributed by atoms with Crippen LogP contribution in [0.4, 0.5) is 10.8 Å². The Labute approximate surface area is 174 Å². The van der Waals surface area contributed by atoms with Crippen LogP contribution in [0.1, 0.15) is 28.6 Å². The van der Waals surface area contributed by atoms with E-state index in [1.807, 2.05) is 30.3 Å². The number of nitrogens with two attached hydrogens (primary N) is 1. The molecule has 8 heteroatoms. The summed E-state index contributed by atoms with van der Waals surface area (Å²) in [5.74, 6) is -0.172. The second-order valence-electron chi connectivity index (χ2n) is 6.91. The first kappa shape index (κ1) is 21.0. The molecule has 0 saturated carbocycles. The predicted octanol–water partition coefficient (Wildman–Crippen LogP) is 3.46. The Morgan fingerprint density at radius 3 is 2.48 bits per heavy atom. The molecule has 0 atom stereocenters. The number of benzene rings is 2. The second kappa shape index (κ2) is 8.75. The van der Waals surface area contributed by atoms with Gasteiger partial charge in [-0.15, -0.1) is 11.3 Å². The highest BCUT2D eigenvalue weighted by Gasteiger charge is 2.14. The average molecular weight is 430 g/mol. The summed E-state index contributed by atoms with van der Waals surface area (Å²) < 4.78 is 23.7. The Balaban J connectivity index is 1.85. The van der Waals surface area contributed by atoms with Gasteiger partial charge in [0.05, 0.1) is 10.6 Å². The maximum absolute atomic E-state index is 11.8. The highest BCUT2D eigenvalue weighted by atomic mass is 32.2. The lowest BCUT2D eigenvalue weighted by Gasteiger charge is -2.05. The Hall–Kier alpha value is -2.71. The molecule has 0 bridgehead atoms. The van der Waals surface area contributed by atoms with E-state index in [1.54, 1.807) is 18.2 Å². The van der Waals surface area contributed by atoms with Crippen LogP contribution >= 0.6 is 11.3 Å². The summed E-state index contributed by atoms with van der Waals surface area (Å²) in [6.45, 7) is 1.45. The topological polar surface area (TPSA) is 102 Å². The molecule has 0 aliphatic carbocycles. The smallest absolute Gasteiger partial charge is 0.223 e. The van der Waals surface area contributed by atoms with E-state index in [2.05, 4.69) is 10.3 Å². The Morgan fingerprint density at radius 2 is 1.83 bits per heavy atom. The summed E-state index contributed by atoms with van der Waals surface area (Å²) >= 11 is 1.42. The highest BCUT2D eigenvalue weighted by molar-refractivity contribution is 7.90. The van der Waals surface area contributed by atoms with Crippen molar-refractivity contribution in [3.8, 4) is 0 Å². The molecule has 0 radical (unpaired) electrons. The third-order valence-electron chi connectivity index (χ3n) is 4.38. The summed E-state index contributed by atoms with van der Waals surface area (Å²) in [7, 11) is -3.27. The molecule has 1 heterocycles. The van der Waals surface area contributed by atoms with E-state index in [0.717, 1.165) is 33.8 Å². The van der Waals surface area contributed by atoms with Crippen LogP contribution in [0.15, 0.2) is 53.4 Å². The number of aryl methyl sites for hydroxylation is 2. The molecule has 3 aromatic rings. The molecule has 0 spiro atoms. The SMILES string of the molecule is CC(=O)Nc1nc(CCc2ccc(N)cc2)c(Cc2cccc(S(C)(=O)=O)c2)s1. The van der Waals surface area contributed by atoms with Crippen LogP contribution in [-0.4, -0.2) is 25.6 Å². The quantitative estimate of drug-likeness (QED) is 0.560. The minimum Gasteiger partial charge on any atom is -0.399 e. The van der Waals surface area contributed by atoms with Crippen LogP contribution in [-0.2, 0) is 33.9 Å². The lowest BCUT2D eigenvalue weighted by molar-refractivity contribution is -0.114. The zero-order valence-corrected chi connectivity index (χ0v) is 17.9. The molecule has 29 heavy (non-hydrogen) atoms. The van der Waals surface area contributed by atoms with E-state index < -0.39 is 9.84 Å². The largest absolute Gasteiger partial charge is 0.399 e. The van der Waals surface area contributed by atoms with E-state index >= 15 is 0 Å². The summed E-state index contributed by atoms with van der Waals surface area (Å²) in [6.07, 6.45) is 3.25. The van der Waals surface area contributed by atoms with Gasteiger partial charge in [-0.25, -0.2) is 13.4 Å². The Bertz CT molecular complexity index is 1120. The number of nitrogen functional groups attached to an aromatic ring is 1. The van der Waals surface area contributed by atoms with Gasteiger partial charge in [0.1, 0.15) is 0 Å². The van der Waals surface area contributed by atoms with E-state index in [9.17, 15) is 13.2 Å². The number of rotatable bonds is 7. The molecule has 6 nitrogen and oxygen atoms in total. The van der Waals surface area contributed by atoms with Crippen LogP contribution in [0.3, 0.4) is 0 Å². The normalized spacial score (nSPS) is 11.4. The number of aromatic nitrogens is 1. The van der Waals surface area contributed by atoms with Gasteiger partial charge in [-0.1, -0.05) is 24.3 Å². The van der Waals surface area contributed by atoms with E-state index in [-0.39, 0.29) is 5.91 Å². The molecular weight excluding hydrogens is 406 g/mol. The zero-order valence-electron chi connectivity index (χ0n) is 16.3. The monoisotopic (exact) mass is 429 g/mol. The van der Waals surface area contributed by atoms with Crippen LogP contribution in [0, 0.1) is 0 Å².